The molecule has 0 aliphatic heterocycles. The van der Waals surface area contributed by atoms with Gasteiger partial charge in [-0.3, -0.25) is 14.9 Å². The highest BCUT2D eigenvalue weighted by molar-refractivity contribution is 7.80. The van der Waals surface area contributed by atoms with E-state index >= 15 is 0 Å². The van der Waals surface area contributed by atoms with Crippen molar-refractivity contribution >= 4 is 34.7 Å². The van der Waals surface area contributed by atoms with Crippen molar-refractivity contribution in [1.82, 2.24) is 5.32 Å². The SMILES string of the molecule is CC(=O)c1cccc(NC(=S)NC(=O)c2ccc(F)cc2)c1. The van der Waals surface area contributed by atoms with E-state index in [1.165, 1.54) is 31.2 Å². The van der Waals surface area contributed by atoms with Crippen LogP contribution in [0.3, 0.4) is 0 Å². The number of benzene rings is 2. The van der Waals surface area contributed by atoms with Gasteiger partial charge in [0.25, 0.3) is 5.91 Å². The Morgan fingerprint density at radius 1 is 1.05 bits per heavy atom. The van der Waals surface area contributed by atoms with Gasteiger partial charge in [-0.2, -0.15) is 0 Å². The molecule has 6 heteroatoms. The Balaban J connectivity index is 2.01. The van der Waals surface area contributed by atoms with Crippen LogP contribution < -0.4 is 10.6 Å². The van der Waals surface area contributed by atoms with E-state index in [1.54, 1.807) is 24.3 Å². The molecular weight excluding hydrogens is 303 g/mol. The predicted octanol–water partition coefficient (Wildman–Crippen LogP) is 3.16. The molecule has 0 aliphatic carbocycles. The molecule has 0 atom stereocenters. The average molecular weight is 316 g/mol. The van der Waals surface area contributed by atoms with Gasteiger partial charge in [-0.1, -0.05) is 12.1 Å². The predicted molar refractivity (Wildman–Crippen MR) is 86.5 cm³/mol. The molecule has 2 N–H and O–H groups in total. The minimum atomic E-state index is -0.444. The number of halogens is 1. The maximum atomic E-state index is 12.8. The van der Waals surface area contributed by atoms with E-state index in [-0.39, 0.29) is 10.9 Å². The fourth-order valence-electron chi connectivity index (χ4n) is 1.75. The van der Waals surface area contributed by atoms with Crippen LogP contribution in [0.2, 0.25) is 0 Å². The highest BCUT2D eigenvalue weighted by Gasteiger charge is 2.08. The van der Waals surface area contributed by atoms with E-state index in [9.17, 15) is 14.0 Å². The topological polar surface area (TPSA) is 58.2 Å². The molecular formula is C16H13FN2O2S. The van der Waals surface area contributed by atoms with Gasteiger partial charge in [0.1, 0.15) is 5.82 Å². The standard InChI is InChI=1S/C16H13FN2O2S/c1-10(20)12-3-2-4-14(9-12)18-16(22)19-15(21)11-5-7-13(17)8-6-11/h2-9H,1H3,(H2,18,19,21,22). The van der Waals surface area contributed by atoms with Gasteiger partial charge in [-0.15, -0.1) is 0 Å². The summed E-state index contributed by atoms with van der Waals surface area (Å²) in [4.78, 5) is 23.2. The van der Waals surface area contributed by atoms with E-state index in [2.05, 4.69) is 10.6 Å². The van der Waals surface area contributed by atoms with Gasteiger partial charge in [-0.25, -0.2) is 4.39 Å². The molecule has 0 heterocycles. The van der Waals surface area contributed by atoms with Crippen molar-refractivity contribution in [3.63, 3.8) is 0 Å². The van der Waals surface area contributed by atoms with Gasteiger partial charge < -0.3 is 5.32 Å². The summed E-state index contributed by atoms with van der Waals surface area (Å²) in [6.45, 7) is 1.47. The molecule has 0 radical (unpaired) electrons. The molecule has 4 nitrogen and oxygen atoms in total. The summed E-state index contributed by atoms with van der Waals surface area (Å²) in [6.07, 6.45) is 0. The smallest absolute Gasteiger partial charge is 0.257 e. The second kappa shape index (κ2) is 6.91. The Bertz CT molecular complexity index is 729. The van der Waals surface area contributed by atoms with E-state index < -0.39 is 11.7 Å². The molecule has 22 heavy (non-hydrogen) atoms. The van der Waals surface area contributed by atoms with Gasteiger partial charge in [-0.05, 0) is 55.5 Å². The van der Waals surface area contributed by atoms with E-state index in [0.717, 1.165) is 0 Å². The van der Waals surface area contributed by atoms with Crippen LogP contribution in [-0.2, 0) is 0 Å². The summed E-state index contributed by atoms with van der Waals surface area (Å²) in [5.41, 5.74) is 1.43. The largest absolute Gasteiger partial charge is 0.332 e. The molecule has 0 saturated heterocycles. The molecule has 0 unspecified atom stereocenters. The zero-order chi connectivity index (χ0) is 16.1. The maximum absolute atomic E-state index is 12.8. The maximum Gasteiger partial charge on any atom is 0.257 e. The molecule has 0 spiro atoms. The number of anilines is 1. The third-order valence-corrected chi connectivity index (χ3v) is 3.06. The third-order valence-electron chi connectivity index (χ3n) is 2.86. The van der Waals surface area contributed by atoms with Crippen molar-refractivity contribution < 1.29 is 14.0 Å². The lowest BCUT2D eigenvalue weighted by atomic mass is 10.1. The van der Waals surface area contributed by atoms with Gasteiger partial charge in [0.15, 0.2) is 10.9 Å². The Morgan fingerprint density at radius 2 is 1.73 bits per heavy atom. The van der Waals surface area contributed by atoms with Crippen LogP contribution in [-0.4, -0.2) is 16.8 Å². The Labute approximate surface area is 132 Å². The highest BCUT2D eigenvalue weighted by Crippen LogP contribution is 2.11. The molecule has 2 aromatic rings. The van der Waals surface area contributed by atoms with Crippen LogP contribution in [0.25, 0.3) is 0 Å². The minimum Gasteiger partial charge on any atom is -0.332 e. The van der Waals surface area contributed by atoms with Gasteiger partial charge in [0.05, 0.1) is 0 Å². The number of amides is 1. The van der Waals surface area contributed by atoms with Crippen LogP contribution in [0.4, 0.5) is 10.1 Å². The highest BCUT2D eigenvalue weighted by atomic mass is 32.1. The molecule has 1 amide bonds. The van der Waals surface area contributed by atoms with Crippen molar-refractivity contribution in [2.75, 3.05) is 5.32 Å². The number of rotatable bonds is 3. The van der Waals surface area contributed by atoms with Crippen molar-refractivity contribution in [3.8, 4) is 0 Å². The van der Waals surface area contributed by atoms with E-state index in [1.807, 2.05) is 0 Å². The molecule has 112 valence electrons. The van der Waals surface area contributed by atoms with E-state index in [0.29, 0.717) is 16.8 Å². The van der Waals surface area contributed by atoms with Crippen LogP contribution in [0.5, 0.6) is 0 Å². The Kier molecular flexibility index (Phi) is 4.95. The molecule has 0 bridgehead atoms. The quantitative estimate of drug-likeness (QED) is 0.674. The Hall–Kier alpha value is -2.60. The number of Topliss-reactive ketones (excluding diaryl/α,β-unsaturated/α-hetero) is 1. The summed E-state index contributed by atoms with van der Waals surface area (Å²) >= 11 is 5.04. The Morgan fingerprint density at radius 3 is 2.36 bits per heavy atom. The first-order valence-corrected chi connectivity index (χ1v) is 6.85. The lowest BCUT2D eigenvalue weighted by molar-refractivity contribution is 0.0975. The first kappa shape index (κ1) is 15.8. The van der Waals surface area contributed by atoms with Gasteiger partial charge in [0.2, 0.25) is 0 Å². The van der Waals surface area contributed by atoms with Crippen LogP contribution in [0, 0.1) is 5.82 Å². The fraction of sp³-hybridized carbons (Fsp3) is 0.0625. The monoisotopic (exact) mass is 316 g/mol. The molecule has 0 aromatic heterocycles. The number of thiocarbonyl (C=S) groups is 1. The first-order valence-electron chi connectivity index (χ1n) is 6.44. The number of carbonyl (C=O) groups excluding carboxylic acids is 2. The second-order valence-corrected chi connectivity index (χ2v) is 4.96. The molecule has 0 aliphatic rings. The minimum absolute atomic E-state index is 0.0649. The zero-order valence-electron chi connectivity index (χ0n) is 11.7. The summed E-state index contributed by atoms with van der Waals surface area (Å²) < 4.78 is 12.8. The van der Waals surface area contributed by atoms with E-state index in [4.69, 9.17) is 12.2 Å². The number of nitrogens with one attached hydrogen (secondary N) is 2. The lowest BCUT2D eigenvalue weighted by Crippen LogP contribution is -2.34. The van der Waals surface area contributed by atoms with Gasteiger partial charge >= 0.3 is 0 Å². The van der Waals surface area contributed by atoms with Crippen molar-refractivity contribution in [3.05, 3.63) is 65.5 Å². The lowest BCUT2D eigenvalue weighted by Gasteiger charge is -2.10. The molecule has 0 fully saturated rings. The second-order valence-electron chi connectivity index (χ2n) is 4.55. The third kappa shape index (κ3) is 4.20. The zero-order valence-corrected chi connectivity index (χ0v) is 12.5. The number of carbonyl (C=O) groups is 2. The summed E-state index contributed by atoms with van der Waals surface area (Å²) in [7, 11) is 0. The number of ketones is 1. The average Bonchev–Trinajstić information content (AvgIpc) is 2.47. The fourth-order valence-corrected chi connectivity index (χ4v) is 1.97. The number of hydrogen-bond donors (Lipinski definition) is 2. The van der Waals surface area contributed by atoms with Crippen LogP contribution in [0.1, 0.15) is 27.6 Å². The van der Waals surface area contributed by atoms with Crippen molar-refractivity contribution in [1.29, 1.82) is 0 Å². The summed E-state index contributed by atoms with van der Waals surface area (Å²) in [6, 6.07) is 11.9. The molecule has 0 saturated carbocycles. The van der Waals surface area contributed by atoms with Crippen molar-refractivity contribution in [2.24, 2.45) is 0 Å². The van der Waals surface area contributed by atoms with Crippen molar-refractivity contribution in [2.45, 2.75) is 6.92 Å². The van der Waals surface area contributed by atoms with Crippen LogP contribution >= 0.6 is 12.2 Å². The summed E-state index contributed by atoms with van der Waals surface area (Å²) in [5, 5.41) is 5.40. The van der Waals surface area contributed by atoms with Crippen LogP contribution in [0.15, 0.2) is 48.5 Å². The first-order chi connectivity index (χ1) is 10.5. The molecule has 2 rings (SSSR count). The van der Waals surface area contributed by atoms with Gasteiger partial charge in [0, 0.05) is 16.8 Å². The normalized spacial score (nSPS) is 9.91. The number of hydrogen-bond acceptors (Lipinski definition) is 3. The molecule has 2 aromatic carbocycles. The summed E-state index contributed by atoms with van der Waals surface area (Å²) in [5.74, 6) is -0.927.